The smallest absolute Gasteiger partial charge is 0.0981 e. The number of epoxide rings is 1. The van der Waals surface area contributed by atoms with Crippen molar-refractivity contribution in [1.29, 1.82) is 0 Å². The summed E-state index contributed by atoms with van der Waals surface area (Å²) in [6, 6.07) is 6.61. The predicted octanol–water partition coefficient (Wildman–Crippen LogP) is 3.18. The van der Waals surface area contributed by atoms with Crippen molar-refractivity contribution in [3.63, 3.8) is 0 Å². The van der Waals surface area contributed by atoms with E-state index in [-0.39, 0.29) is 5.60 Å². The van der Waals surface area contributed by atoms with Crippen LogP contribution in [0.25, 0.3) is 0 Å². The summed E-state index contributed by atoms with van der Waals surface area (Å²) in [5, 5.41) is 0. The van der Waals surface area contributed by atoms with Gasteiger partial charge in [0.2, 0.25) is 0 Å². The zero-order valence-corrected chi connectivity index (χ0v) is 9.78. The molecule has 1 aliphatic heterocycles. The van der Waals surface area contributed by atoms with E-state index in [2.05, 4.69) is 39.0 Å². The molecular weight excluding hydrogens is 192 g/mol. The molecule has 1 aromatic carbocycles. The van der Waals surface area contributed by atoms with Gasteiger partial charge in [0, 0.05) is 10.6 Å². The zero-order valence-electron chi connectivity index (χ0n) is 8.96. The van der Waals surface area contributed by atoms with Crippen molar-refractivity contribution in [2.45, 2.75) is 31.3 Å². The second-order valence-corrected chi connectivity index (χ2v) is 5.31. The van der Waals surface area contributed by atoms with Crippen molar-refractivity contribution in [2.75, 3.05) is 12.4 Å². The minimum absolute atomic E-state index is 0.154. The molecule has 1 unspecified atom stereocenters. The lowest BCUT2D eigenvalue weighted by molar-refractivity contribution is 0.348. The van der Waals surface area contributed by atoms with Gasteiger partial charge >= 0.3 is 0 Å². The Morgan fingerprint density at radius 1 is 1.43 bits per heavy atom. The molecule has 0 amide bonds. The molecule has 1 nitrogen and oxygen atoms in total. The van der Waals surface area contributed by atoms with Gasteiger partial charge in [-0.1, -0.05) is 17.7 Å². The van der Waals surface area contributed by atoms with E-state index in [9.17, 15) is 0 Å². The molecule has 1 saturated heterocycles. The van der Waals surface area contributed by atoms with E-state index in [0.717, 1.165) is 12.4 Å². The first-order valence-electron chi connectivity index (χ1n) is 4.93. The maximum atomic E-state index is 5.37. The highest BCUT2D eigenvalue weighted by Gasteiger charge is 2.39. The van der Waals surface area contributed by atoms with Crippen LogP contribution in [0, 0.1) is 13.8 Å². The number of hydrogen-bond donors (Lipinski definition) is 0. The summed E-state index contributed by atoms with van der Waals surface area (Å²) in [5.41, 5.74) is 2.85. The lowest BCUT2D eigenvalue weighted by Crippen LogP contribution is -2.07. The van der Waals surface area contributed by atoms with Gasteiger partial charge < -0.3 is 4.74 Å². The molecule has 1 heterocycles. The number of ether oxygens (including phenoxy) is 1. The van der Waals surface area contributed by atoms with Crippen LogP contribution >= 0.6 is 11.8 Å². The highest BCUT2D eigenvalue weighted by Crippen LogP contribution is 2.34. The normalized spacial score (nSPS) is 25.1. The molecule has 76 valence electrons. The Morgan fingerprint density at radius 3 is 2.79 bits per heavy atom. The molecule has 1 atom stereocenters. The second kappa shape index (κ2) is 3.59. The van der Waals surface area contributed by atoms with Crippen LogP contribution in [0.5, 0.6) is 0 Å². The number of aryl methyl sites for hydroxylation is 2. The van der Waals surface area contributed by atoms with E-state index in [4.69, 9.17) is 4.74 Å². The van der Waals surface area contributed by atoms with Crippen LogP contribution in [0.15, 0.2) is 23.1 Å². The van der Waals surface area contributed by atoms with Crippen LogP contribution in [0.2, 0.25) is 0 Å². The zero-order chi connectivity index (χ0) is 10.2. The molecule has 0 radical (unpaired) electrons. The number of hydrogen-bond acceptors (Lipinski definition) is 2. The van der Waals surface area contributed by atoms with E-state index in [0.29, 0.717) is 0 Å². The SMILES string of the molecule is Cc1ccc(C)c(SCC2(C)CO2)c1. The molecule has 1 aromatic rings. The Hall–Kier alpha value is -0.470. The van der Waals surface area contributed by atoms with Crippen molar-refractivity contribution >= 4 is 11.8 Å². The minimum Gasteiger partial charge on any atom is -0.369 e. The molecule has 2 rings (SSSR count). The Bertz CT molecular complexity index is 342. The highest BCUT2D eigenvalue weighted by atomic mass is 32.2. The Kier molecular flexibility index (Phi) is 2.58. The van der Waals surface area contributed by atoms with Crippen LogP contribution in [-0.2, 0) is 4.74 Å². The van der Waals surface area contributed by atoms with Gasteiger partial charge in [0.15, 0.2) is 0 Å². The lowest BCUT2D eigenvalue weighted by Gasteiger charge is -2.08. The molecule has 0 N–H and O–H groups in total. The molecule has 0 saturated carbocycles. The molecule has 1 fully saturated rings. The van der Waals surface area contributed by atoms with Gasteiger partial charge in [-0.2, -0.15) is 0 Å². The van der Waals surface area contributed by atoms with Gasteiger partial charge in [-0.05, 0) is 32.4 Å². The first-order valence-corrected chi connectivity index (χ1v) is 5.92. The fourth-order valence-electron chi connectivity index (χ4n) is 1.30. The summed E-state index contributed by atoms with van der Waals surface area (Å²) in [6.45, 7) is 7.40. The van der Waals surface area contributed by atoms with E-state index in [1.807, 2.05) is 11.8 Å². The van der Waals surface area contributed by atoms with Crippen molar-refractivity contribution in [1.82, 2.24) is 0 Å². The lowest BCUT2D eigenvalue weighted by atomic mass is 10.2. The Labute approximate surface area is 89.9 Å². The summed E-state index contributed by atoms with van der Waals surface area (Å²) >= 11 is 1.91. The van der Waals surface area contributed by atoms with Crippen LogP contribution in [0.4, 0.5) is 0 Å². The molecule has 0 aromatic heterocycles. The van der Waals surface area contributed by atoms with Gasteiger partial charge in [-0.25, -0.2) is 0 Å². The monoisotopic (exact) mass is 208 g/mol. The summed E-state index contributed by atoms with van der Waals surface area (Å²) in [5.74, 6) is 1.07. The first kappa shape index (κ1) is 10.1. The van der Waals surface area contributed by atoms with Crippen LogP contribution < -0.4 is 0 Å². The second-order valence-electron chi connectivity index (χ2n) is 4.30. The van der Waals surface area contributed by atoms with Gasteiger partial charge in [-0.15, -0.1) is 11.8 Å². The molecule has 0 spiro atoms. The van der Waals surface area contributed by atoms with Crippen molar-refractivity contribution in [3.05, 3.63) is 29.3 Å². The molecular formula is C12H16OS. The average Bonchev–Trinajstić information content (AvgIpc) is 2.87. The Morgan fingerprint density at radius 2 is 2.14 bits per heavy atom. The maximum Gasteiger partial charge on any atom is 0.0981 e. The van der Waals surface area contributed by atoms with E-state index < -0.39 is 0 Å². The van der Waals surface area contributed by atoms with Crippen molar-refractivity contribution < 1.29 is 4.74 Å². The minimum atomic E-state index is 0.154. The highest BCUT2D eigenvalue weighted by molar-refractivity contribution is 7.99. The van der Waals surface area contributed by atoms with Crippen molar-refractivity contribution in [3.8, 4) is 0 Å². The number of rotatable bonds is 3. The largest absolute Gasteiger partial charge is 0.369 e. The molecule has 0 aliphatic carbocycles. The van der Waals surface area contributed by atoms with Crippen LogP contribution in [-0.4, -0.2) is 18.0 Å². The third-order valence-corrected chi connectivity index (χ3v) is 4.02. The third kappa shape index (κ3) is 2.31. The number of benzene rings is 1. The van der Waals surface area contributed by atoms with Crippen molar-refractivity contribution in [2.24, 2.45) is 0 Å². The molecule has 1 aliphatic rings. The standard InChI is InChI=1S/C12H16OS/c1-9-4-5-10(2)11(6-9)14-8-12(3)7-13-12/h4-6H,7-8H2,1-3H3. The van der Waals surface area contributed by atoms with Crippen LogP contribution in [0.1, 0.15) is 18.1 Å². The van der Waals surface area contributed by atoms with E-state index >= 15 is 0 Å². The number of thioether (sulfide) groups is 1. The quantitative estimate of drug-likeness (QED) is 0.559. The van der Waals surface area contributed by atoms with Gasteiger partial charge in [-0.3, -0.25) is 0 Å². The molecule has 14 heavy (non-hydrogen) atoms. The topological polar surface area (TPSA) is 12.5 Å². The van der Waals surface area contributed by atoms with E-state index in [1.165, 1.54) is 16.0 Å². The molecule has 2 heteroatoms. The van der Waals surface area contributed by atoms with Crippen LogP contribution in [0.3, 0.4) is 0 Å². The predicted molar refractivity (Wildman–Crippen MR) is 61.0 cm³/mol. The maximum absolute atomic E-state index is 5.37. The third-order valence-electron chi connectivity index (χ3n) is 2.51. The summed E-state index contributed by atoms with van der Waals surface area (Å²) < 4.78 is 5.37. The average molecular weight is 208 g/mol. The fourth-order valence-corrected chi connectivity index (χ4v) is 2.49. The fraction of sp³-hybridized carbons (Fsp3) is 0.500. The summed E-state index contributed by atoms with van der Waals surface area (Å²) in [6.07, 6.45) is 0. The summed E-state index contributed by atoms with van der Waals surface area (Å²) in [7, 11) is 0. The van der Waals surface area contributed by atoms with E-state index in [1.54, 1.807) is 0 Å². The summed E-state index contributed by atoms with van der Waals surface area (Å²) in [4.78, 5) is 1.39. The Balaban J connectivity index is 2.04. The van der Waals surface area contributed by atoms with Gasteiger partial charge in [0.1, 0.15) is 0 Å². The van der Waals surface area contributed by atoms with Gasteiger partial charge in [0.05, 0.1) is 12.2 Å². The first-order chi connectivity index (χ1) is 6.59. The van der Waals surface area contributed by atoms with Gasteiger partial charge in [0.25, 0.3) is 0 Å². The molecule has 0 bridgehead atoms.